The lowest BCUT2D eigenvalue weighted by Gasteiger charge is -2.61. The molecule has 0 aromatic carbocycles. The van der Waals surface area contributed by atoms with Crippen molar-refractivity contribution >= 4 is 0 Å². The van der Waals surface area contributed by atoms with Crippen LogP contribution in [0.3, 0.4) is 0 Å². The highest BCUT2D eigenvalue weighted by Gasteiger charge is 2.60. The van der Waals surface area contributed by atoms with Crippen LogP contribution in [0.25, 0.3) is 0 Å². The number of hydrogen-bond acceptors (Lipinski definition) is 1. The summed E-state index contributed by atoms with van der Waals surface area (Å²) in [5.74, 6) is 4.75. The summed E-state index contributed by atoms with van der Waals surface area (Å²) in [6, 6.07) is 0. The number of ether oxygens (including phenoxy) is 1. The van der Waals surface area contributed by atoms with Gasteiger partial charge in [0.25, 0.3) is 0 Å². The van der Waals surface area contributed by atoms with Crippen molar-refractivity contribution < 1.29 is 4.74 Å². The van der Waals surface area contributed by atoms with Crippen LogP contribution >= 0.6 is 0 Å². The molecule has 26 heavy (non-hydrogen) atoms. The van der Waals surface area contributed by atoms with Gasteiger partial charge >= 0.3 is 0 Å². The molecule has 4 saturated carbocycles. The summed E-state index contributed by atoms with van der Waals surface area (Å²) < 4.78 is 5.89. The lowest BCUT2D eigenvalue weighted by atomic mass is 9.44. The molecule has 0 saturated heterocycles. The molecular weight excluding hydrogens is 316 g/mol. The number of methoxy groups -OCH3 is 1. The van der Waals surface area contributed by atoms with E-state index in [1.165, 1.54) is 57.8 Å². The maximum atomic E-state index is 5.89. The minimum atomic E-state index is 0.518. The van der Waals surface area contributed by atoms with Crippen molar-refractivity contribution in [3.63, 3.8) is 0 Å². The van der Waals surface area contributed by atoms with Crippen molar-refractivity contribution in [3.05, 3.63) is 11.6 Å². The van der Waals surface area contributed by atoms with Gasteiger partial charge in [0, 0.05) is 7.11 Å². The van der Waals surface area contributed by atoms with Crippen molar-refractivity contribution in [2.24, 2.45) is 40.4 Å². The Hall–Kier alpha value is -0.300. The molecule has 0 heterocycles. The Labute approximate surface area is 163 Å². The molecule has 0 radical (unpaired) electrons. The van der Waals surface area contributed by atoms with E-state index in [9.17, 15) is 0 Å². The minimum Gasteiger partial charge on any atom is -0.384 e. The second-order valence-corrected chi connectivity index (χ2v) is 10.0. The van der Waals surface area contributed by atoms with Crippen molar-refractivity contribution in [1.82, 2.24) is 0 Å². The van der Waals surface area contributed by atoms with Gasteiger partial charge in [0.2, 0.25) is 0 Å². The monoisotopic (exact) mass is 360 g/mol. The predicted octanol–water partition coefficient (Wildman–Crippen LogP) is 7.26. The normalized spacial score (nSPS) is 48.8. The van der Waals surface area contributed by atoms with Crippen LogP contribution in [0.5, 0.6) is 0 Å². The summed E-state index contributed by atoms with van der Waals surface area (Å²) in [6.45, 7) is 12.4. The molecule has 0 bridgehead atoms. The first-order valence-electron chi connectivity index (χ1n) is 11.7. The first-order valence-corrected chi connectivity index (χ1v) is 11.7. The molecule has 0 aliphatic heterocycles. The lowest BCUT2D eigenvalue weighted by Crippen LogP contribution is -2.55. The zero-order chi connectivity index (χ0) is 18.9. The Morgan fingerprint density at radius 2 is 1.81 bits per heavy atom. The molecule has 7 atom stereocenters. The highest BCUT2D eigenvalue weighted by Crippen LogP contribution is 2.67. The van der Waals surface area contributed by atoms with Gasteiger partial charge in [0.05, 0.1) is 6.61 Å². The fourth-order valence-electron chi connectivity index (χ4n) is 8.14. The van der Waals surface area contributed by atoms with E-state index in [1.54, 1.807) is 5.57 Å². The largest absolute Gasteiger partial charge is 0.384 e. The highest BCUT2D eigenvalue weighted by atomic mass is 16.5. The maximum Gasteiger partial charge on any atom is 0.0524 e. The molecule has 0 aromatic rings. The number of hydrogen-bond donors (Lipinski definition) is 0. The van der Waals surface area contributed by atoms with Gasteiger partial charge in [-0.1, -0.05) is 45.8 Å². The van der Waals surface area contributed by atoms with Crippen LogP contribution in [-0.2, 0) is 4.74 Å². The van der Waals surface area contributed by atoms with E-state index < -0.39 is 0 Å². The van der Waals surface area contributed by atoms with E-state index in [4.69, 9.17) is 4.74 Å². The van der Waals surface area contributed by atoms with Crippen LogP contribution < -0.4 is 0 Å². The SMILES string of the molecule is C/C=C1\CCC2C3CCC4C[C@@H](C)CC[C@]4(COC)C3CC[C@]12C.CC. The summed E-state index contributed by atoms with van der Waals surface area (Å²) in [7, 11) is 1.95. The quantitative estimate of drug-likeness (QED) is 0.471. The molecule has 150 valence electrons. The van der Waals surface area contributed by atoms with Gasteiger partial charge in [-0.2, -0.15) is 0 Å². The first kappa shape index (κ1) is 20.4. The van der Waals surface area contributed by atoms with Crippen LogP contribution in [0.15, 0.2) is 11.6 Å². The van der Waals surface area contributed by atoms with Crippen molar-refractivity contribution in [2.75, 3.05) is 13.7 Å². The van der Waals surface area contributed by atoms with E-state index in [0.29, 0.717) is 10.8 Å². The molecule has 4 unspecified atom stereocenters. The summed E-state index contributed by atoms with van der Waals surface area (Å²) in [6.07, 6.45) is 15.5. The summed E-state index contributed by atoms with van der Waals surface area (Å²) in [4.78, 5) is 0. The standard InChI is InChI=1S/C23H38O.C2H6/c1-5-17-7-9-20-19-8-6-18-14-16(2)10-13-23(18,15-24-4)21(19)11-12-22(17,20)3;1-2/h5,16,18-21H,6-15H2,1-4H3;1-2H3/b17-5+;/t16-,18?,19?,20?,21?,22+,23+;/m0./s1. The van der Waals surface area contributed by atoms with Gasteiger partial charge in [-0.05, 0) is 98.7 Å². The average Bonchev–Trinajstić information content (AvgIpc) is 3.00. The molecule has 0 aromatic heterocycles. The summed E-state index contributed by atoms with van der Waals surface area (Å²) in [5.41, 5.74) is 2.83. The Balaban J connectivity index is 0.000000948. The molecule has 1 heteroatoms. The Kier molecular flexibility index (Phi) is 6.27. The second kappa shape index (κ2) is 7.98. The van der Waals surface area contributed by atoms with E-state index in [1.807, 2.05) is 21.0 Å². The van der Waals surface area contributed by atoms with Crippen LogP contribution in [0, 0.1) is 40.4 Å². The third-order valence-corrected chi connectivity index (χ3v) is 9.24. The van der Waals surface area contributed by atoms with Crippen molar-refractivity contribution in [2.45, 2.75) is 92.4 Å². The predicted molar refractivity (Wildman–Crippen MR) is 112 cm³/mol. The number of allylic oxidation sites excluding steroid dienone is 2. The number of rotatable bonds is 2. The highest BCUT2D eigenvalue weighted by molar-refractivity contribution is 5.23. The lowest BCUT2D eigenvalue weighted by molar-refractivity contribution is -0.142. The fraction of sp³-hybridized carbons (Fsp3) is 0.920. The zero-order valence-corrected chi connectivity index (χ0v) is 18.4. The third kappa shape index (κ3) is 3.01. The molecule has 4 aliphatic carbocycles. The summed E-state index contributed by atoms with van der Waals surface area (Å²) in [5, 5.41) is 0. The minimum absolute atomic E-state index is 0.518. The van der Waals surface area contributed by atoms with Gasteiger partial charge in [0.15, 0.2) is 0 Å². The molecule has 4 fully saturated rings. The molecule has 4 rings (SSSR count). The van der Waals surface area contributed by atoms with Crippen LogP contribution in [-0.4, -0.2) is 13.7 Å². The zero-order valence-electron chi connectivity index (χ0n) is 18.4. The third-order valence-electron chi connectivity index (χ3n) is 9.24. The van der Waals surface area contributed by atoms with Crippen molar-refractivity contribution in [3.8, 4) is 0 Å². The van der Waals surface area contributed by atoms with Crippen LogP contribution in [0.2, 0.25) is 0 Å². The van der Waals surface area contributed by atoms with Gasteiger partial charge in [-0.3, -0.25) is 0 Å². The van der Waals surface area contributed by atoms with Gasteiger partial charge < -0.3 is 4.74 Å². The first-order chi connectivity index (χ1) is 12.5. The molecule has 4 aliphatic rings. The molecule has 0 N–H and O–H groups in total. The topological polar surface area (TPSA) is 9.23 Å². The average molecular weight is 361 g/mol. The Bertz CT molecular complexity index is 508. The summed E-state index contributed by atoms with van der Waals surface area (Å²) >= 11 is 0. The number of fused-ring (bicyclic) bond motifs is 5. The molecule has 0 amide bonds. The smallest absolute Gasteiger partial charge is 0.0524 e. The van der Waals surface area contributed by atoms with E-state index >= 15 is 0 Å². The molecule has 0 spiro atoms. The van der Waals surface area contributed by atoms with Crippen LogP contribution in [0.4, 0.5) is 0 Å². The van der Waals surface area contributed by atoms with Gasteiger partial charge in [-0.15, -0.1) is 0 Å². The second-order valence-electron chi connectivity index (χ2n) is 10.0. The Morgan fingerprint density at radius 3 is 2.50 bits per heavy atom. The van der Waals surface area contributed by atoms with Gasteiger partial charge in [0.1, 0.15) is 0 Å². The van der Waals surface area contributed by atoms with E-state index in [-0.39, 0.29) is 0 Å². The fourth-order valence-corrected chi connectivity index (χ4v) is 8.14. The van der Waals surface area contributed by atoms with Crippen molar-refractivity contribution in [1.29, 1.82) is 0 Å². The van der Waals surface area contributed by atoms with Gasteiger partial charge in [-0.25, -0.2) is 0 Å². The van der Waals surface area contributed by atoms with E-state index in [2.05, 4.69) is 26.8 Å². The molecular formula is C25H44O. The Morgan fingerprint density at radius 1 is 1.04 bits per heavy atom. The van der Waals surface area contributed by atoms with E-state index in [0.717, 1.165) is 36.2 Å². The molecule has 1 nitrogen and oxygen atoms in total. The maximum absolute atomic E-state index is 5.89. The van der Waals surface area contributed by atoms with Crippen LogP contribution in [0.1, 0.15) is 92.4 Å².